The summed E-state index contributed by atoms with van der Waals surface area (Å²) in [6.07, 6.45) is 0.910. The number of hydrogen-bond donors (Lipinski definition) is 2. The first-order valence-corrected chi connectivity index (χ1v) is 11.3. The normalized spacial score (nSPS) is 14.0. The Labute approximate surface area is 198 Å². The fraction of sp³-hybridized carbons (Fsp3) is 0.348. The molecule has 0 saturated carbocycles. The molecule has 0 aliphatic carbocycles. The molecule has 1 saturated heterocycles. The molecule has 0 spiro atoms. The van der Waals surface area contributed by atoms with Crippen LogP contribution in [0.1, 0.15) is 34.1 Å². The Hall–Kier alpha value is -2.68. The quantitative estimate of drug-likeness (QED) is 0.623. The van der Waals surface area contributed by atoms with E-state index in [1.54, 1.807) is 42.5 Å². The van der Waals surface area contributed by atoms with Crippen LogP contribution in [-0.4, -0.2) is 66.6 Å². The van der Waals surface area contributed by atoms with Crippen molar-refractivity contribution < 1.29 is 14.3 Å². The summed E-state index contributed by atoms with van der Waals surface area (Å²) in [5.74, 6) is 0.293. The fourth-order valence-corrected chi connectivity index (χ4v) is 3.56. The highest BCUT2D eigenvalue weighted by Crippen LogP contribution is 2.24. The van der Waals surface area contributed by atoms with E-state index in [1.807, 2.05) is 18.9 Å². The highest BCUT2D eigenvalue weighted by Gasteiger charge is 2.21. The molecular formula is C23H27ClN4O3S. The van der Waals surface area contributed by atoms with Crippen molar-refractivity contribution >= 4 is 46.4 Å². The third kappa shape index (κ3) is 6.41. The van der Waals surface area contributed by atoms with Gasteiger partial charge in [0.25, 0.3) is 11.8 Å². The maximum Gasteiger partial charge on any atom is 0.257 e. The van der Waals surface area contributed by atoms with Crippen molar-refractivity contribution in [1.82, 2.24) is 15.1 Å². The average Bonchev–Trinajstić information content (AvgIpc) is 2.79. The lowest BCUT2D eigenvalue weighted by Gasteiger charge is -2.32. The minimum Gasteiger partial charge on any atom is -0.494 e. The second kappa shape index (κ2) is 11.3. The van der Waals surface area contributed by atoms with Gasteiger partial charge in [0.05, 0.1) is 17.3 Å². The molecule has 2 aromatic rings. The molecule has 2 N–H and O–H groups in total. The minimum absolute atomic E-state index is 0.0573. The van der Waals surface area contributed by atoms with E-state index in [9.17, 15) is 9.59 Å². The van der Waals surface area contributed by atoms with Crippen molar-refractivity contribution in [3.05, 3.63) is 58.6 Å². The van der Waals surface area contributed by atoms with Crippen LogP contribution in [0.25, 0.3) is 0 Å². The van der Waals surface area contributed by atoms with E-state index in [1.165, 1.54) is 0 Å². The summed E-state index contributed by atoms with van der Waals surface area (Å²) in [5, 5.41) is 6.04. The molecule has 7 nitrogen and oxygen atoms in total. The van der Waals surface area contributed by atoms with Gasteiger partial charge in [0.2, 0.25) is 0 Å². The number of anilines is 1. The van der Waals surface area contributed by atoms with Crippen molar-refractivity contribution in [2.45, 2.75) is 13.3 Å². The summed E-state index contributed by atoms with van der Waals surface area (Å²) in [5.41, 5.74) is 1.42. The van der Waals surface area contributed by atoms with Crippen molar-refractivity contribution in [1.29, 1.82) is 0 Å². The van der Waals surface area contributed by atoms with Crippen LogP contribution in [-0.2, 0) is 0 Å². The Kier molecular flexibility index (Phi) is 8.44. The topological polar surface area (TPSA) is 73.9 Å². The van der Waals surface area contributed by atoms with Gasteiger partial charge in [-0.3, -0.25) is 14.9 Å². The molecule has 170 valence electrons. The Morgan fingerprint density at radius 3 is 2.38 bits per heavy atom. The van der Waals surface area contributed by atoms with Gasteiger partial charge >= 0.3 is 0 Å². The number of likely N-dealkylation sites (N-methyl/N-ethyl adjacent to an activating group) is 1. The van der Waals surface area contributed by atoms with Gasteiger partial charge in [0.1, 0.15) is 5.75 Å². The van der Waals surface area contributed by atoms with Crippen molar-refractivity contribution in [3.63, 3.8) is 0 Å². The van der Waals surface area contributed by atoms with E-state index in [4.69, 9.17) is 28.6 Å². The SMILES string of the molecule is CCCOc1ccc(C(=O)NC(=S)Nc2cc(C(=O)N3CCN(C)CC3)ccc2Cl)cc1. The maximum absolute atomic E-state index is 12.8. The van der Waals surface area contributed by atoms with E-state index in [0.29, 0.717) is 47.3 Å². The molecule has 2 amide bonds. The van der Waals surface area contributed by atoms with Crippen LogP contribution < -0.4 is 15.4 Å². The van der Waals surface area contributed by atoms with Crippen LogP contribution in [0.3, 0.4) is 0 Å². The lowest BCUT2D eigenvalue weighted by atomic mass is 10.1. The number of carbonyl (C=O) groups is 2. The Bertz CT molecular complexity index is 976. The number of carbonyl (C=O) groups excluding carboxylic acids is 2. The lowest BCUT2D eigenvalue weighted by Crippen LogP contribution is -2.47. The summed E-state index contributed by atoms with van der Waals surface area (Å²) in [4.78, 5) is 29.3. The van der Waals surface area contributed by atoms with Gasteiger partial charge in [0, 0.05) is 37.3 Å². The molecule has 0 atom stereocenters. The summed E-state index contributed by atoms with van der Waals surface area (Å²) < 4.78 is 5.52. The number of benzene rings is 2. The number of piperazine rings is 1. The zero-order chi connectivity index (χ0) is 23.1. The smallest absolute Gasteiger partial charge is 0.257 e. The van der Waals surface area contributed by atoms with Gasteiger partial charge in [-0.05, 0) is 68.2 Å². The molecular weight excluding hydrogens is 448 g/mol. The fourth-order valence-electron chi connectivity index (χ4n) is 3.20. The van der Waals surface area contributed by atoms with Gasteiger partial charge in [-0.15, -0.1) is 0 Å². The summed E-state index contributed by atoms with van der Waals surface area (Å²) >= 11 is 11.6. The van der Waals surface area contributed by atoms with Gasteiger partial charge in [-0.1, -0.05) is 18.5 Å². The standard InChI is InChI=1S/C23H27ClN4O3S/c1-3-14-31-18-7-4-16(5-8-18)21(29)26-23(32)25-20-15-17(6-9-19(20)24)22(30)28-12-10-27(2)11-13-28/h4-9,15H,3,10-14H2,1-2H3,(H2,25,26,29,32). The number of thiocarbonyl (C=S) groups is 1. The maximum atomic E-state index is 12.8. The predicted octanol–water partition coefficient (Wildman–Crippen LogP) is 3.64. The van der Waals surface area contributed by atoms with Crippen LogP contribution in [0.15, 0.2) is 42.5 Å². The van der Waals surface area contributed by atoms with E-state index in [-0.39, 0.29) is 16.9 Å². The van der Waals surface area contributed by atoms with E-state index in [0.717, 1.165) is 19.5 Å². The molecule has 1 heterocycles. The van der Waals surface area contributed by atoms with Gasteiger partial charge in [-0.25, -0.2) is 0 Å². The summed E-state index contributed by atoms with van der Waals surface area (Å²) in [6, 6.07) is 11.8. The molecule has 0 unspecified atom stereocenters. The van der Waals surface area contributed by atoms with Crippen LogP contribution in [0, 0.1) is 0 Å². The van der Waals surface area contributed by atoms with Crippen LogP contribution in [0.5, 0.6) is 5.75 Å². The largest absolute Gasteiger partial charge is 0.494 e. The van der Waals surface area contributed by atoms with Crippen LogP contribution >= 0.6 is 23.8 Å². The number of amides is 2. The highest BCUT2D eigenvalue weighted by atomic mass is 35.5. The number of nitrogens with zero attached hydrogens (tertiary/aromatic N) is 2. The molecule has 0 aromatic heterocycles. The zero-order valence-electron chi connectivity index (χ0n) is 18.2. The average molecular weight is 475 g/mol. The number of rotatable bonds is 6. The lowest BCUT2D eigenvalue weighted by molar-refractivity contribution is 0.0664. The molecule has 3 rings (SSSR count). The molecule has 1 fully saturated rings. The second-order valence-electron chi connectivity index (χ2n) is 7.57. The van der Waals surface area contributed by atoms with E-state index < -0.39 is 0 Å². The second-order valence-corrected chi connectivity index (χ2v) is 8.39. The van der Waals surface area contributed by atoms with Crippen LogP contribution in [0.2, 0.25) is 5.02 Å². The van der Waals surface area contributed by atoms with E-state index >= 15 is 0 Å². The number of halogens is 1. The predicted molar refractivity (Wildman–Crippen MR) is 131 cm³/mol. The third-order valence-electron chi connectivity index (χ3n) is 5.07. The molecule has 2 aromatic carbocycles. The first kappa shape index (κ1) is 24.0. The Balaban J connectivity index is 1.61. The van der Waals surface area contributed by atoms with Crippen molar-refractivity contribution in [3.8, 4) is 5.75 Å². The molecule has 32 heavy (non-hydrogen) atoms. The minimum atomic E-state index is -0.356. The molecule has 0 bridgehead atoms. The van der Waals surface area contributed by atoms with Gasteiger partial charge < -0.3 is 19.9 Å². The molecule has 1 aliphatic rings. The van der Waals surface area contributed by atoms with E-state index in [2.05, 4.69) is 15.5 Å². The van der Waals surface area contributed by atoms with Crippen molar-refractivity contribution in [2.24, 2.45) is 0 Å². The number of hydrogen-bond acceptors (Lipinski definition) is 5. The first-order valence-electron chi connectivity index (χ1n) is 10.5. The highest BCUT2D eigenvalue weighted by molar-refractivity contribution is 7.80. The Morgan fingerprint density at radius 2 is 1.72 bits per heavy atom. The first-order chi connectivity index (χ1) is 15.4. The third-order valence-corrected chi connectivity index (χ3v) is 5.60. The zero-order valence-corrected chi connectivity index (χ0v) is 19.8. The van der Waals surface area contributed by atoms with Crippen molar-refractivity contribution in [2.75, 3.05) is 45.2 Å². The molecule has 9 heteroatoms. The number of nitrogens with one attached hydrogen (secondary N) is 2. The molecule has 0 radical (unpaired) electrons. The molecule has 1 aliphatic heterocycles. The van der Waals surface area contributed by atoms with Crippen LogP contribution in [0.4, 0.5) is 5.69 Å². The Morgan fingerprint density at radius 1 is 1.06 bits per heavy atom. The number of ether oxygens (including phenoxy) is 1. The van der Waals surface area contributed by atoms with Gasteiger partial charge in [0.15, 0.2) is 5.11 Å². The summed E-state index contributed by atoms with van der Waals surface area (Å²) in [7, 11) is 2.04. The summed E-state index contributed by atoms with van der Waals surface area (Å²) in [6.45, 7) is 5.68. The van der Waals surface area contributed by atoms with Gasteiger partial charge in [-0.2, -0.15) is 0 Å². The monoisotopic (exact) mass is 474 g/mol.